The lowest BCUT2D eigenvalue weighted by molar-refractivity contribution is -0.158. The van der Waals surface area contributed by atoms with Crippen LogP contribution in [0.1, 0.15) is 25.3 Å². The molecule has 1 saturated heterocycles. The van der Waals surface area contributed by atoms with Gasteiger partial charge in [0.05, 0.1) is 18.7 Å². The van der Waals surface area contributed by atoms with Crippen molar-refractivity contribution in [1.29, 1.82) is 0 Å². The summed E-state index contributed by atoms with van der Waals surface area (Å²) in [4.78, 5) is 25.2. The molecule has 0 radical (unpaired) electrons. The van der Waals surface area contributed by atoms with Crippen molar-refractivity contribution in [2.75, 3.05) is 25.5 Å². The third-order valence-corrected chi connectivity index (χ3v) is 8.32. The van der Waals surface area contributed by atoms with Crippen LogP contribution >= 0.6 is 11.3 Å². The molecule has 0 aliphatic carbocycles. The summed E-state index contributed by atoms with van der Waals surface area (Å²) in [6, 6.07) is 8.59. The van der Waals surface area contributed by atoms with Crippen LogP contribution in [0, 0.1) is 12.8 Å². The molecule has 3 rings (SSSR count). The van der Waals surface area contributed by atoms with Crippen molar-refractivity contribution in [3.05, 3.63) is 41.3 Å². The minimum atomic E-state index is -3.63. The van der Waals surface area contributed by atoms with E-state index in [0.717, 1.165) is 16.9 Å². The predicted molar refractivity (Wildman–Crippen MR) is 118 cm³/mol. The van der Waals surface area contributed by atoms with Crippen molar-refractivity contribution in [2.45, 2.75) is 37.0 Å². The van der Waals surface area contributed by atoms with E-state index in [1.54, 1.807) is 29.6 Å². The summed E-state index contributed by atoms with van der Waals surface area (Å²) < 4.78 is 37.7. The highest BCUT2D eigenvalue weighted by Crippen LogP contribution is 2.28. The summed E-state index contributed by atoms with van der Waals surface area (Å²) in [5.74, 6) is -1.19. The molecule has 8 nitrogen and oxygen atoms in total. The van der Waals surface area contributed by atoms with Crippen LogP contribution in [0.2, 0.25) is 0 Å². The van der Waals surface area contributed by atoms with Crippen molar-refractivity contribution in [3.63, 3.8) is 0 Å². The number of benzene rings is 1. The Morgan fingerprint density at radius 3 is 2.74 bits per heavy atom. The van der Waals surface area contributed by atoms with Crippen LogP contribution in [-0.4, -0.2) is 50.9 Å². The summed E-state index contributed by atoms with van der Waals surface area (Å²) in [5.41, 5.74) is 1.43. The molecule has 10 heteroatoms. The van der Waals surface area contributed by atoms with Gasteiger partial charge in [0.1, 0.15) is 9.96 Å². The number of nitrogens with one attached hydrogen (secondary N) is 1. The maximum Gasteiger partial charge on any atom is 0.311 e. The molecular weight excluding hydrogens is 440 g/mol. The Hall–Kier alpha value is -2.43. The molecule has 2 heterocycles. The largest absolute Gasteiger partial charge is 0.495 e. The molecule has 0 bridgehead atoms. The second-order valence-electron chi connectivity index (χ2n) is 7.41. The molecule has 2 unspecified atom stereocenters. The standard InChI is InChI=1S/C21H26N2O6S2/c1-14-8-9-18(28-3)17(12-14)22-20(24)15(2)29-21(25)16-6-4-10-23(13-16)31(26,27)19-7-5-11-30-19/h5,7-9,11-12,15-16H,4,6,10,13H2,1-3H3,(H,22,24). The minimum Gasteiger partial charge on any atom is -0.495 e. The fraction of sp³-hybridized carbons (Fsp3) is 0.429. The average molecular weight is 467 g/mol. The van der Waals surface area contributed by atoms with Crippen molar-refractivity contribution >= 4 is 38.9 Å². The molecule has 168 valence electrons. The van der Waals surface area contributed by atoms with Crippen LogP contribution in [0.15, 0.2) is 39.9 Å². The van der Waals surface area contributed by atoms with E-state index in [4.69, 9.17) is 9.47 Å². The molecule has 1 amide bonds. The van der Waals surface area contributed by atoms with Gasteiger partial charge in [0, 0.05) is 13.1 Å². The van der Waals surface area contributed by atoms with E-state index in [9.17, 15) is 18.0 Å². The van der Waals surface area contributed by atoms with Crippen LogP contribution in [0.5, 0.6) is 5.75 Å². The Balaban J connectivity index is 1.61. The first-order chi connectivity index (χ1) is 14.7. The van der Waals surface area contributed by atoms with Crippen LogP contribution in [0.3, 0.4) is 0 Å². The summed E-state index contributed by atoms with van der Waals surface area (Å²) in [6.45, 7) is 3.77. The van der Waals surface area contributed by atoms with Crippen molar-refractivity contribution < 1.29 is 27.5 Å². The summed E-state index contributed by atoms with van der Waals surface area (Å²) in [6.07, 6.45) is 0.0165. The average Bonchev–Trinajstić information content (AvgIpc) is 3.30. The zero-order valence-corrected chi connectivity index (χ0v) is 19.3. The van der Waals surface area contributed by atoms with Gasteiger partial charge in [0.25, 0.3) is 15.9 Å². The van der Waals surface area contributed by atoms with E-state index in [0.29, 0.717) is 30.8 Å². The van der Waals surface area contributed by atoms with Crippen molar-refractivity contribution in [2.24, 2.45) is 5.92 Å². The first-order valence-corrected chi connectivity index (χ1v) is 12.2. The summed E-state index contributed by atoms with van der Waals surface area (Å²) in [7, 11) is -2.13. The van der Waals surface area contributed by atoms with Gasteiger partial charge in [-0.3, -0.25) is 9.59 Å². The van der Waals surface area contributed by atoms with Gasteiger partial charge < -0.3 is 14.8 Å². The lowest BCUT2D eigenvalue weighted by Crippen LogP contribution is -2.43. The number of piperidine rings is 1. The van der Waals surface area contributed by atoms with Crippen LogP contribution in [-0.2, 0) is 24.3 Å². The SMILES string of the molecule is COc1ccc(C)cc1NC(=O)C(C)OC(=O)C1CCCN(S(=O)(=O)c2cccs2)C1. The zero-order chi connectivity index (χ0) is 22.6. The highest BCUT2D eigenvalue weighted by atomic mass is 32.2. The molecule has 1 aliphatic rings. The Kier molecular flexibility index (Phi) is 7.34. The Morgan fingerprint density at radius 2 is 2.06 bits per heavy atom. The smallest absolute Gasteiger partial charge is 0.311 e. The van der Waals surface area contributed by atoms with E-state index >= 15 is 0 Å². The predicted octanol–water partition coefficient (Wildman–Crippen LogP) is 3.04. The van der Waals surface area contributed by atoms with Gasteiger partial charge >= 0.3 is 5.97 Å². The van der Waals surface area contributed by atoms with Gasteiger partial charge in [0.2, 0.25) is 0 Å². The Bertz CT molecular complexity index is 1040. The number of hydrogen-bond acceptors (Lipinski definition) is 7. The third kappa shape index (κ3) is 5.44. The molecule has 0 spiro atoms. The number of aryl methyl sites for hydroxylation is 1. The first-order valence-electron chi connectivity index (χ1n) is 9.92. The molecule has 1 aromatic carbocycles. The highest BCUT2D eigenvalue weighted by Gasteiger charge is 2.35. The van der Waals surface area contributed by atoms with E-state index in [1.165, 1.54) is 18.3 Å². The summed E-state index contributed by atoms with van der Waals surface area (Å²) >= 11 is 1.14. The topological polar surface area (TPSA) is 102 Å². The molecule has 2 aromatic rings. The van der Waals surface area contributed by atoms with E-state index in [-0.39, 0.29) is 10.8 Å². The van der Waals surface area contributed by atoms with Crippen LogP contribution in [0.4, 0.5) is 5.69 Å². The zero-order valence-electron chi connectivity index (χ0n) is 17.7. The lowest BCUT2D eigenvalue weighted by Gasteiger charge is -2.30. The van der Waals surface area contributed by atoms with Gasteiger partial charge in [-0.2, -0.15) is 4.31 Å². The van der Waals surface area contributed by atoms with E-state index < -0.39 is 33.9 Å². The molecule has 1 aromatic heterocycles. The Labute approximate surface area is 186 Å². The molecule has 1 N–H and O–H groups in total. The fourth-order valence-corrected chi connectivity index (χ4v) is 6.04. The van der Waals surface area contributed by atoms with Gasteiger partial charge in [-0.25, -0.2) is 8.42 Å². The number of carbonyl (C=O) groups is 2. The number of nitrogens with zero attached hydrogens (tertiary/aromatic N) is 1. The summed E-state index contributed by atoms with van der Waals surface area (Å²) in [5, 5.41) is 4.42. The number of esters is 1. The van der Waals surface area contributed by atoms with E-state index in [1.807, 2.05) is 13.0 Å². The second-order valence-corrected chi connectivity index (χ2v) is 10.5. The fourth-order valence-electron chi connectivity index (χ4n) is 3.37. The van der Waals surface area contributed by atoms with Gasteiger partial charge in [-0.15, -0.1) is 11.3 Å². The number of methoxy groups -OCH3 is 1. The number of amides is 1. The molecule has 1 aliphatic heterocycles. The highest BCUT2D eigenvalue weighted by molar-refractivity contribution is 7.91. The maximum atomic E-state index is 12.7. The minimum absolute atomic E-state index is 0.0408. The van der Waals surface area contributed by atoms with Gasteiger partial charge in [-0.1, -0.05) is 12.1 Å². The second kappa shape index (κ2) is 9.80. The molecule has 1 fully saturated rings. The molecule has 0 saturated carbocycles. The van der Waals surface area contributed by atoms with Gasteiger partial charge in [0.15, 0.2) is 6.10 Å². The monoisotopic (exact) mass is 466 g/mol. The number of ether oxygens (including phenoxy) is 2. The number of rotatable bonds is 7. The number of hydrogen-bond donors (Lipinski definition) is 1. The number of sulfonamides is 1. The van der Waals surface area contributed by atoms with Crippen LogP contribution < -0.4 is 10.1 Å². The normalized spacial score (nSPS) is 18.2. The maximum absolute atomic E-state index is 12.7. The quantitative estimate of drug-likeness (QED) is 0.630. The van der Waals surface area contributed by atoms with Crippen LogP contribution in [0.25, 0.3) is 0 Å². The number of carbonyl (C=O) groups excluding carboxylic acids is 2. The van der Waals surface area contributed by atoms with E-state index in [2.05, 4.69) is 5.32 Å². The van der Waals surface area contributed by atoms with Crippen molar-refractivity contribution in [3.8, 4) is 5.75 Å². The number of anilines is 1. The van der Waals surface area contributed by atoms with Gasteiger partial charge in [-0.05, 0) is 55.8 Å². The molecular formula is C21H26N2O6S2. The molecule has 2 atom stereocenters. The third-order valence-electron chi connectivity index (χ3n) is 5.08. The Morgan fingerprint density at radius 1 is 1.29 bits per heavy atom. The lowest BCUT2D eigenvalue weighted by atomic mass is 10.00. The number of thiophene rings is 1. The van der Waals surface area contributed by atoms with Crippen molar-refractivity contribution in [1.82, 2.24) is 4.31 Å². The first kappa shape index (κ1) is 23.2. The molecule has 31 heavy (non-hydrogen) atoms.